The molecule has 6 heteroatoms. The van der Waals surface area contributed by atoms with Crippen molar-refractivity contribution in [1.82, 2.24) is 5.32 Å². The van der Waals surface area contributed by atoms with E-state index in [4.69, 9.17) is 9.47 Å². The lowest BCUT2D eigenvalue weighted by Gasteiger charge is -2.59. The summed E-state index contributed by atoms with van der Waals surface area (Å²) in [5.74, 6) is 0.446. The molecule has 0 saturated heterocycles. The van der Waals surface area contributed by atoms with Crippen molar-refractivity contribution in [3.05, 3.63) is 0 Å². The lowest BCUT2D eigenvalue weighted by atomic mass is 9.52. The summed E-state index contributed by atoms with van der Waals surface area (Å²) in [4.78, 5) is 23.7. The van der Waals surface area contributed by atoms with Gasteiger partial charge in [-0.25, -0.2) is 4.79 Å². The van der Waals surface area contributed by atoms with E-state index in [1.54, 1.807) is 20.8 Å². The third kappa shape index (κ3) is 3.79. The lowest BCUT2D eigenvalue weighted by molar-refractivity contribution is -0.219. The second-order valence-corrected chi connectivity index (χ2v) is 8.70. The number of hydrogen-bond acceptors (Lipinski definition) is 5. The number of nitrogens with one attached hydrogen (secondary N) is 1. The molecule has 6 nitrogen and oxygen atoms in total. The maximum atomic E-state index is 12.1. The summed E-state index contributed by atoms with van der Waals surface area (Å²) in [6.07, 6.45) is 4.38. The molecule has 4 aliphatic carbocycles. The minimum atomic E-state index is -0.664. The molecule has 23 heavy (non-hydrogen) atoms. The highest BCUT2D eigenvalue weighted by Gasteiger charge is 2.59. The molecular formula is C17H27NO5. The molecule has 0 aromatic rings. The fourth-order valence-corrected chi connectivity index (χ4v) is 4.99. The number of aliphatic hydroxyl groups is 1. The van der Waals surface area contributed by atoms with E-state index in [0.717, 1.165) is 32.1 Å². The van der Waals surface area contributed by atoms with E-state index in [1.807, 2.05) is 0 Å². The van der Waals surface area contributed by atoms with Crippen molar-refractivity contribution < 1.29 is 24.2 Å². The van der Waals surface area contributed by atoms with Gasteiger partial charge in [-0.2, -0.15) is 0 Å². The number of ether oxygens (including phenoxy) is 2. The Labute approximate surface area is 136 Å². The average molecular weight is 325 g/mol. The molecular weight excluding hydrogens is 298 g/mol. The SMILES string of the molecule is CC(C)(C)OC(=O)NCC(=O)OC12C[C@@H]3C[C@H](CC(O)(C3)C1)C2. The van der Waals surface area contributed by atoms with Crippen LogP contribution < -0.4 is 5.32 Å². The zero-order valence-electron chi connectivity index (χ0n) is 14.2. The van der Waals surface area contributed by atoms with Crippen molar-refractivity contribution in [3.63, 3.8) is 0 Å². The van der Waals surface area contributed by atoms with Gasteiger partial charge in [0.05, 0.1) is 5.60 Å². The van der Waals surface area contributed by atoms with Crippen molar-refractivity contribution >= 4 is 12.1 Å². The van der Waals surface area contributed by atoms with Gasteiger partial charge in [0.2, 0.25) is 0 Å². The van der Waals surface area contributed by atoms with Crippen molar-refractivity contribution in [3.8, 4) is 0 Å². The molecule has 0 unspecified atom stereocenters. The van der Waals surface area contributed by atoms with E-state index in [9.17, 15) is 14.7 Å². The molecule has 4 aliphatic rings. The van der Waals surface area contributed by atoms with Gasteiger partial charge in [-0.3, -0.25) is 4.79 Å². The van der Waals surface area contributed by atoms with Gasteiger partial charge < -0.3 is 19.9 Å². The summed E-state index contributed by atoms with van der Waals surface area (Å²) in [6, 6.07) is 0. The Bertz CT molecular complexity index is 496. The van der Waals surface area contributed by atoms with Crippen LogP contribution in [-0.4, -0.2) is 40.5 Å². The first-order valence-corrected chi connectivity index (χ1v) is 8.48. The van der Waals surface area contributed by atoms with Gasteiger partial charge in [-0.15, -0.1) is 0 Å². The third-order valence-electron chi connectivity index (χ3n) is 5.08. The molecule has 4 rings (SSSR count). The molecule has 0 aliphatic heterocycles. The number of esters is 1. The Morgan fingerprint density at radius 1 is 1.17 bits per heavy atom. The monoisotopic (exact) mass is 325 g/mol. The maximum absolute atomic E-state index is 12.1. The predicted molar refractivity (Wildman–Crippen MR) is 82.7 cm³/mol. The van der Waals surface area contributed by atoms with Crippen molar-refractivity contribution in [2.24, 2.45) is 11.8 Å². The number of rotatable bonds is 3. The first-order valence-electron chi connectivity index (χ1n) is 8.48. The van der Waals surface area contributed by atoms with E-state index in [2.05, 4.69) is 5.32 Å². The fourth-order valence-electron chi connectivity index (χ4n) is 4.99. The first kappa shape index (κ1) is 16.6. The van der Waals surface area contributed by atoms with Crippen LogP contribution in [0.3, 0.4) is 0 Å². The number of alkyl carbamates (subject to hydrolysis) is 1. The summed E-state index contributed by atoms with van der Waals surface area (Å²) >= 11 is 0. The van der Waals surface area contributed by atoms with Crippen LogP contribution in [0.15, 0.2) is 0 Å². The summed E-state index contributed by atoms with van der Waals surface area (Å²) in [5.41, 5.74) is -1.80. The third-order valence-corrected chi connectivity index (χ3v) is 5.08. The molecule has 0 heterocycles. The zero-order chi connectivity index (χ0) is 16.9. The molecule has 130 valence electrons. The summed E-state index contributed by atoms with van der Waals surface area (Å²) in [7, 11) is 0. The molecule has 0 aromatic carbocycles. The minimum Gasteiger partial charge on any atom is -0.458 e. The van der Waals surface area contributed by atoms with E-state index >= 15 is 0 Å². The van der Waals surface area contributed by atoms with E-state index in [1.165, 1.54) is 0 Å². The second kappa shape index (κ2) is 5.36. The zero-order valence-corrected chi connectivity index (χ0v) is 14.2. The largest absolute Gasteiger partial charge is 0.458 e. The van der Waals surface area contributed by atoms with E-state index < -0.39 is 28.9 Å². The number of carbonyl (C=O) groups is 2. The van der Waals surface area contributed by atoms with Gasteiger partial charge in [-0.05, 0) is 64.7 Å². The van der Waals surface area contributed by atoms with Crippen LogP contribution in [0.5, 0.6) is 0 Å². The van der Waals surface area contributed by atoms with E-state index in [0.29, 0.717) is 18.3 Å². The van der Waals surface area contributed by atoms with Gasteiger partial charge in [0.1, 0.15) is 17.7 Å². The predicted octanol–water partition coefficient (Wildman–Crippen LogP) is 2.14. The fraction of sp³-hybridized carbons (Fsp3) is 0.882. The van der Waals surface area contributed by atoms with Crippen LogP contribution >= 0.6 is 0 Å². The lowest BCUT2D eigenvalue weighted by Crippen LogP contribution is -2.60. The summed E-state index contributed by atoms with van der Waals surface area (Å²) in [5, 5.41) is 13.1. The van der Waals surface area contributed by atoms with Crippen LogP contribution in [-0.2, 0) is 14.3 Å². The Hall–Kier alpha value is -1.30. The molecule has 0 spiro atoms. The van der Waals surface area contributed by atoms with Gasteiger partial charge in [0, 0.05) is 6.42 Å². The van der Waals surface area contributed by atoms with Crippen molar-refractivity contribution in [1.29, 1.82) is 0 Å². The number of carbonyl (C=O) groups excluding carboxylic acids is 2. The van der Waals surface area contributed by atoms with Gasteiger partial charge in [-0.1, -0.05) is 0 Å². The maximum Gasteiger partial charge on any atom is 0.408 e. The Balaban J connectivity index is 1.53. The van der Waals surface area contributed by atoms with E-state index in [-0.39, 0.29) is 6.54 Å². The molecule has 0 aromatic heterocycles. The summed E-state index contributed by atoms with van der Waals surface area (Å²) < 4.78 is 10.8. The minimum absolute atomic E-state index is 0.204. The molecule has 4 bridgehead atoms. The molecule has 4 fully saturated rings. The molecule has 4 saturated carbocycles. The molecule has 1 amide bonds. The normalized spacial score (nSPS) is 38.3. The van der Waals surface area contributed by atoms with Gasteiger partial charge in [0.25, 0.3) is 0 Å². The number of amides is 1. The first-order chi connectivity index (χ1) is 10.6. The second-order valence-electron chi connectivity index (χ2n) is 8.70. The average Bonchev–Trinajstić information content (AvgIpc) is 2.30. The standard InChI is InChI=1S/C17H27NO5/c1-15(2,3)23-14(20)18-9-13(19)22-17-7-11-4-12(8-17)6-16(21,5-11)10-17/h11-12,21H,4-10H2,1-3H3,(H,18,20)/t11-,12-,16?,17?/m1/s1. The van der Waals surface area contributed by atoms with Crippen LogP contribution in [0.25, 0.3) is 0 Å². The Morgan fingerprint density at radius 2 is 1.78 bits per heavy atom. The van der Waals surface area contributed by atoms with Crippen LogP contribution in [0.1, 0.15) is 59.3 Å². The smallest absolute Gasteiger partial charge is 0.408 e. The van der Waals surface area contributed by atoms with Crippen LogP contribution in [0.2, 0.25) is 0 Å². The highest BCUT2D eigenvalue weighted by molar-refractivity contribution is 5.78. The van der Waals surface area contributed by atoms with Crippen molar-refractivity contribution in [2.75, 3.05) is 6.54 Å². The Morgan fingerprint density at radius 3 is 2.30 bits per heavy atom. The topological polar surface area (TPSA) is 84.9 Å². The van der Waals surface area contributed by atoms with Crippen molar-refractivity contribution in [2.45, 2.75) is 76.1 Å². The molecule has 0 radical (unpaired) electrons. The summed E-state index contributed by atoms with van der Waals surface area (Å²) in [6.45, 7) is 5.09. The quantitative estimate of drug-likeness (QED) is 0.777. The number of hydrogen-bond donors (Lipinski definition) is 2. The Kier molecular flexibility index (Phi) is 3.86. The highest BCUT2D eigenvalue weighted by atomic mass is 16.6. The highest BCUT2D eigenvalue weighted by Crippen LogP contribution is 2.58. The van der Waals surface area contributed by atoms with Crippen LogP contribution in [0.4, 0.5) is 4.79 Å². The van der Waals surface area contributed by atoms with Gasteiger partial charge >= 0.3 is 12.1 Å². The van der Waals surface area contributed by atoms with Crippen LogP contribution in [0, 0.1) is 11.8 Å². The molecule has 2 N–H and O–H groups in total. The molecule has 2 atom stereocenters. The van der Waals surface area contributed by atoms with Gasteiger partial charge in [0.15, 0.2) is 0 Å².